The average Bonchev–Trinajstić information content (AvgIpc) is 2.62. The summed E-state index contributed by atoms with van der Waals surface area (Å²) >= 11 is 8.89. The van der Waals surface area contributed by atoms with Crippen LogP contribution in [0.4, 0.5) is 11.4 Å². The largest absolute Gasteiger partial charge is 0.378 e. The van der Waals surface area contributed by atoms with E-state index in [-0.39, 0.29) is 6.04 Å². The maximum absolute atomic E-state index is 5.42. The van der Waals surface area contributed by atoms with Crippen LogP contribution in [0.2, 0.25) is 0 Å². The van der Waals surface area contributed by atoms with Gasteiger partial charge in [-0.3, -0.25) is 0 Å². The summed E-state index contributed by atoms with van der Waals surface area (Å²) in [7, 11) is 0. The number of nitrogens with zero attached hydrogens (tertiary/aromatic N) is 1. The van der Waals surface area contributed by atoms with Crippen molar-refractivity contribution in [3.8, 4) is 0 Å². The van der Waals surface area contributed by atoms with Crippen molar-refractivity contribution >= 4 is 44.6 Å². The molecular weight excluding hydrogens is 398 g/mol. The summed E-state index contributed by atoms with van der Waals surface area (Å²) in [6, 6.07) is 16.7. The van der Waals surface area contributed by atoms with Gasteiger partial charge in [-0.05, 0) is 55.0 Å². The minimum atomic E-state index is 0.130. The first-order valence-electron chi connectivity index (χ1n) is 8.37. The number of morpholine rings is 1. The van der Waals surface area contributed by atoms with E-state index in [1.165, 1.54) is 11.3 Å². The molecule has 2 N–H and O–H groups in total. The van der Waals surface area contributed by atoms with Crippen molar-refractivity contribution in [2.24, 2.45) is 0 Å². The van der Waals surface area contributed by atoms with Gasteiger partial charge < -0.3 is 20.3 Å². The van der Waals surface area contributed by atoms with Crippen LogP contribution in [0.1, 0.15) is 18.5 Å². The van der Waals surface area contributed by atoms with E-state index in [0.717, 1.165) is 36.5 Å². The molecule has 0 bridgehead atoms. The number of rotatable bonds is 4. The van der Waals surface area contributed by atoms with E-state index in [0.29, 0.717) is 5.11 Å². The molecule has 1 atom stereocenters. The highest BCUT2D eigenvalue weighted by Gasteiger charge is 2.12. The standard InChI is InChI=1S/C19H22BrN3OS/c1-14(21-19(25)22-17-4-2-3-16(20)13-17)15-5-7-18(8-6-15)23-9-11-24-12-10-23/h2-8,13-14H,9-12H2,1H3,(H2,21,22,25)/t14-/m1/s1. The Morgan fingerprint density at radius 1 is 1.16 bits per heavy atom. The predicted octanol–water partition coefficient (Wildman–Crippen LogP) is 4.33. The molecule has 1 saturated heterocycles. The van der Waals surface area contributed by atoms with Crippen LogP contribution in [0.5, 0.6) is 0 Å². The van der Waals surface area contributed by atoms with Gasteiger partial charge in [0.05, 0.1) is 19.3 Å². The molecule has 25 heavy (non-hydrogen) atoms. The van der Waals surface area contributed by atoms with Crippen molar-refractivity contribution in [1.29, 1.82) is 0 Å². The molecule has 0 saturated carbocycles. The lowest BCUT2D eigenvalue weighted by atomic mass is 10.1. The van der Waals surface area contributed by atoms with Gasteiger partial charge in [-0.25, -0.2) is 0 Å². The summed E-state index contributed by atoms with van der Waals surface area (Å²) < 4.78 is 6.43. The molecule has 6 heteroatoms. The van der Waals surface area contributed by atoms with Gasteiger partial charge in [0.2, 0.25) is 0 Å². The van der Waals surface area contributed by atoms with E-state index in [1.807, 2.05) is 24.3 Å². The second-order valence-electron chi connectivity index (χ2n) is 6.02. The van der Waals surface area contributed by atoms with Crippen molar-refractivity contribution in [2.45, 2.75) is 13.0 Å². The summed E-state index contributed by atoms with van der Waals surface area (Å²) in [6.45, 7) is 5.62. The van der Waals surface area contributed by atoms with Gasteiger partial charge in [-0.2, -0.15) is 0 Å². The number of thiocarbonyl (C=S) groups is 1. The first-order valence-corrected chi connectivity index (χ1v) is 9.58. The molecule has 132 valence electrons. The molecule has 1 fully saturated rings. The summed E-state index contributed by atoms with van der Waals surface area (Å²) in [5.41, 5.74) is 3.41. The van der Waals surface area contributed by atoms with Crippen LogP contribution in [0.15, 0.2) is 53.0 Å². The molecule has 0 spiro atoms. The highest BCUT2D eigenvalue weighted by Crippen LogP contribution is 2.21. The van der Waals surface area contributed by atoms with Crippen LogP contribution in [0.3, 0.4) is 0 Å². The summed E-state index contributed by atoms with van der Waals surface area (Å²) in [5, 5.41) is 7.16. The summed E-state index contributed by atoms with van der Waals surface area (Å²) in [4.78, 5) is 2.35. The van der Waals surface area contributed by atoms with Crippen LogP contribution in [0.25, 0.3) is 0 Å². The first kappa shape index (κ1) is 18.2. The van der Waals surface area contributed by atoms with E-state index in [1.54, 1.807) is 0 Å². The molecular formula is C19H22BrN3OS. The predicted molar refractivity (Wildman–Crippen MR) is 111 cm³/mol. The number of anilines is 2. The Morgan fingerprint density at radius 3 is 2.56 bits per heavy atom. The smallest absolute Gasteiger partial charge is 0.171 e. The van der Waals surface area contributed by atoms with Gasteiger partial charge in [-0.1, -0.05) is 34.1 Å². The summed E-state index contributed by atoms with van der Waals surface area (Å²) in [5.74, 6) is 0. The molecule has 0 amide bonds. The normalized spacial score (nSPS) is 15.5. The Balaban J connectivity index is 1.57. The Labute approximate surface area is 162 Å². The van der Waals surface area contributed by atoms with Crippen molar-refractivity contribution in [1.82, 2.24) is 5.32 Å². The van der Waals surface area contributed by atoms with Crippen LogP contribution in [-0.2, 0) is 4.74 Å². The van der Waals surface area contributed by atoms with Crippen molar-refractivity contribution in [3.05, 3.63) is 58.6 Å². The fourth-order valence-electron chi connectivity index (χ4n) is 2.81. The zero-order valence-electron chi connectivity index (χ0n) is 14.2. The first-order chi connectivity index (χ1) is 12.1. The Kier molecular flexibility index (Phi) is 6.29. The number of benzene rings is 2. The van der Waals surface area contributed by atoms with Crippen LogP contribution in [-0.4, -0.2) is 31.4 Å². The van der Waals surface area contributed by atoms with Crippen molar-refractivity contribution in [2.75, 3.05) is 36.5 Å². The van der Waals surface area contributed by atoms with Gasteiger partial charge in [0.1, 0.15) is 0 Å². The average molecular weight is 420 g/mol. The van der Waals surface area contributed by atoms with E-state index in [2.05, 4.69) is 62.7 Å². The van der Waals surface area contributed by atoms with Crippen LogP contribution < -0.4 is 15.5 Å². The fraction of sp³-hybridized carbons (Fsp3) is 0.316. The SMILES string of the molecule is C[C@@H](NC(=S)Nc1cccc(Br)c1)c1ccc(N2CCOCC2)cc1. The minimum absolute atomic E-state index is 0.130. The lowest BCUT2D eigenvalue weighted by Gasteiger charge is -2.29. The third-order valence-corrected chi connectivity index (χ3v) is 4.91. The molecule has 0 aromatic heterocycles. The Hall–Kier alpha value is -1.63. The van der Waals surface area contributed by atoms with E-state index < -0.39 is 0 Å². The van der Waals surface area contributed by atoms with Gasteiger partial charge in [0.15, 0.2) is 5.11 Å². The lowest BCUT2D eigenvalue weighted by molar-refractivity contribution is 0.122. The number of halogens is 1. The number of hydrogen-bond acceptors (Lipinski definition) is 3. The number of hydrogen-bond donors (Lipinski definition) is 2. The third kappa shape index (κ3) is 5.17. The van der Waals surface area contributed by atoms with Gasteiger partial charge in [-0.15, -0.1) is 0 Å². The molecule has 4 nitrogen and oxygen atoms in total. The Bertz CT molecular complexity index is 717. The van der Waals surface area contributed by atoms with Crippen molar-refractivity contribution < 1.29 is 4.74 Å². The van der Waals surface area contributed by atoms with E-state index in [9.17, 15) is 0 Å². The quantitative estimate of drug-likeness (QED) is 0.720. The van der Waals surface area contributed by atoms with E-state index in [4.69, 9.17) is 17.0 Å². The highest BCUT2D eigenvalue weighted by molar-refractivity contribution is 9.10. The maximum Gasteiger partial charge on any atom is 0.171 e. The summed E-state index contributed by atoms with van der Waals surface area (Å²) in [6.07, 6.45) is 0. The lowest BCUT2D eigenvalue weighted by Crippen LogP contribution is -2.36. The van der Waals surface area contributed by atoms with Gasteiger partial charge in [0, 0.05) is 28.9 Å². The minimum Gasteiger partial charge on any atom is -0.378 e. The fourth-order valence-corrected chi connectivity index (χ4v) is 3.50. The second kappa shape index (κ2) is 8.65. The molecule has 3 rings (SSSR count). The molecule has 0 aliphatic carbocycles. The van der Waals surface area contributed by atoms with Gasteiger partial charge in [0.25, 0.3) is 0 Å². The maximum atomic E-state index is 5.42. The number of ether oxygens (including phenoxy) is 1. The monoisotopic (exact) mass is 419 g/mol. The van der Waals surface area contributed by atoms with E-state index >= 15 is 0 Å². The molecule has 2 aromatic carbocycles. The zero-order chi connectivity index (χ0) is 17.6. The molecule has 0 unspecified atom stereocenters. The molecule has 0 radical (unpaired) electrons. The van der Waals surface area contributed by atoms with Crippen LogP contribution in [0, 0.1) is 0 Å². The molecule has 1 aliphatic rings. The van der Waals surface area contributed by atoms with Crippen LogP contribution >= 0.6 is 28.1 Å². The Morgan fingerprint density at radius 2 is 1.88 bits per heavy atom. The second-order valence-corrected chi connectivity index (χ2v) is 7.35. The number of nitrogens with one attached hydrogen (secondary N) is 2. The zero-order valence-corrected chi connectivity index (χ0v) is 16.6. The molecule has 1 aliphatic heterocycles. The van der Waals surface area contributed by atoms with Gasteiger partial charge >= 0.3 is 0 Å². The van der Waals surface area contributed by atoms with Crippen molar-refractivity contribution in [3.63, 3.8) is 0 Å². The highest BCUT2D eigenvalue weighted by atomic mass is 79.9. The topological polar surface area (TPSA) is 36.5 Å². The molecule has 1 heterocycles. The molecule has 2 aromatic rings. The third-order valence-electron chi connectivity index (χ3n) is 4.20.